The fourth-order valence-corrected chi connectivity index (χ4v) is 2.85. The molecule has 0 spiro atoms. The molecule has 1 unspecified atom stereocenters. The van der Waals surface area contributed by atoms with E-state index in [9.17, 15) is 0 Å². The van der Waals surface area contributed by atoms with Crippen LogP contribution in [0.3, 0.4) is 0 Å². The maximum Gasteiger partial charge on any atom is 0.0502 e. The summed E-state index contributed by atoms with van der Waals surface area (Å²) in [6.45, 7) is 10.9. The summed E-state index contributed by atoms with van der Waals surface area (Å²) in [7, 11) is 1.81. The number of hydrogen-bond donors (Lipinski definition) is 1. The maximum atomic E-state index is 5.61. The molecule has 2 N–H and O–H groups in total. The van der Waals surface area contributed by atoms with Crippen LogP contribution in [0, 0.1) is 5.92 Å². The minimum atomic E-state index is 0.745. The second kappa shape index (κ2) is 9.73. The summed E-state index contributed by atoms with van der Waals surface area (Å²) in [6, 6.07) is 0. The van der Waals surface area contributed by atoms with Crippen molar-refractivity contribution in [2.75, 3.05) is 59.5 Å². The smallest absolute Gasteiger partial charge is 0.0502 e. The van der Waals surface area contributed by atoms with E-state index in [1.54, 1.807) is 0 Å². The minimum Gasteiger partial charge on any atom is -0.384 e. The number of likely N-dealkylation sites (tertiary alicyclic amines) is 1. The van der Waals surface area contributed by atoms with Crippen molar-refractivity contribution in [1.29, 1.82) is 0 Å². The summed E-state index contributed by atoms with van der Waals surface area (Å²) in [5.74, 6) is 0.745. The Morgan fingerprint density at radius 2 is 2.22 bits per heavy atom. The van der Waals surface area contributed by atoms with Crippen molar-refractivity contribution in [2.45, 2.75) is 26.2 Å². The fraction of sp³-hybridized carbons (Fsp3) is 1.00. The second-order valence-electron chi connectivity index (χ2n) is 5.34. The Hall–Kier alpha value is -0.160. The molecule has 1 saturated heterocycles. The van der Waals surface area contributed by atoms with Crippen molar-refractivity contribution in [3.8, 4) is 0 Å². The SMILES string of the molecule is CCN(CCN)CCCN1CCCC(COC)C1. The third kappa shape index (κ3) is 6.14. The van der Waals surface area contributed by atoms with Gasteiger partial charge in [-0.25, -0.2) is 0 Å². The van der Waals surface area contributed by atoms with Crippen molar-refractivity contribution in [3.05, 3.63) is 0 Å². The average molecular weight is 257 g/mol. The van der Waals surface area contributed by atoms with Gasteiger partial charge in [0.2, 0.25) is 0 Å². The summed E-state index contributed by atoms with van der Waals surface area (Å²) in [6.07, 6.45) is 3.92. The lowest BCUT2D eigenvalue weighted by Gasteiger charge is -2.32. The van der Waals surface area contributed by atoms with Gasteiger partial charge in [-0.05, 0) is 51.4 Å². The van der Waals surface area contributed by atoms with E-state index in [0.29, 0.717) is 0 Å². The molecule has 1 atom stereocenters. The second-order valence-corrected chi connectivity index (χ2v) is 5.34. The largest absolute Gasteiger partial charge is 0.384 e. The van der Waals surface area contributed by atoms with Crippen LogP contribution in [0.15, 0.2) is 0 Å². The number of likely N-dealkylation sites (N-methyl/N-ethyl adjacent to an activating group) is 1. The van der Waals surface area contributed by atoms with Crippen LogP contribution < -0.4 is 5.73 Å². The van der Waals surface area contributed by atoms with E-state index in [2.05, 4.69) is 16.7 Å². The van der Waals surface area contributed by atoms with Gasteiger partial charge in [0.05, 0.1) is 6.61 Å². The highest BCUT2D eigenvalue weighted by Gasteiger charge is 2.19. The average Bonchev–Trinajstić information content (AvgIpc) is 2.38. The van der Waals surface area contributed by atoms with Gasteiger partial charge in [0, 0.05) is 26.7 Å². The van der Waals surface area contributed by atoms with Crippen LogP contribution in [0.2, 0.25) is 0 Å². The van der Waals surface area contributed by atoms with Crippen LogP contribution in [-0.4, -0.2) is 69.3 Å². The van der Waals surface area contributed by atoms with Crippen molar-refractivity contribution >= 4 is 0 Å². The standard InChI is InChI=1S/C14H31N3O/c1-3-16(11-7-15)9-5-10-17-8-4-6-14(12-17)13-18-2/h14H,3-13,15H2,1-2H3. The van der Waals surface area contributed by atoms with Gasteiger partial charge in [0.25, 0.3) is 0 Å². The molecule has 1 aliphatic rings. The first-order valence-corrected chi connectivity index (χ1v) is 7.43. The number of piperidine rings is 1. The molecule has 1 rings (SSSR count). The molecule has 0 aromatic rings. The molecule has 4 nitrogen and oxygen atoms in total. The van der Waals surface area contributed by atoms with Crippen molar-refractivity contribution in [1.82, 2.24) is 9.80 Å². The molecule has 1 heterocycles. The Morgan fingerprint density at radius 3 is 2.89 bits per heavy atom. The van der Waals surface area contributed by atoms with E-state index in [-0.39, 0.29) is 0 Å². The molecule has 0 saturated carbocycles. The monoisotopic (exact) mass is 257 g/mol. The van der Waals surface area contributed by atoms with Crippen LogP contribution in [0.25, 0.3) is 0 Å². The topological polar surface area (TPSA) is 41.7 Å². The van der Waals surface area contributed by atoms with Gasteiger partial charge in [-0.1, -0.05) is 6.92 Å². The summed E-state index contributed by atoms with van der Waals surface area (Å²) in [5, 5.41) is 0. The first-order valence-electron chi connectivity index (χ1n) is 7.43. The molecule has 108 valence electrons. The van der Waals surface area contributed by atoms with Gasteiger partial charge < -0.3 is 20.3 Å². The lowest BCUT2D eigenvalue weighted by atomic mass is 9.99. The molecule has 0 aliphatic carbocycles. The summed E-state index contributed by atoms with van der Waals surface area (Å²) < 4.78 is 5.27. The van der Waals surface area contributed by atoms with Crippen LogP contribution in [0.1, 0.15) is 26.2 Å². The molecule has 0 radical (unpaired) electrons. The zero-order valence-corrected chi connectivity index (χ0v) is 12.2. The molecular weight excluding hydrogens is 226 g/mol. The van der Waals surface area contributed by atoms with E-state index < -0.39 is 0 Å². The van der Waals surface area contributed by atoms with Crippen LogP contribution in [0.5, 0.6) is 0 Å². The predicted octanol–water partition coefficient (Wildman–Crippen LogP) is 1.02. The zero-order valence-electron chi connectivity index (χ0n) is 12.2. The highest BCUT2D eigenvalue weighted by Crippen LogP contribution is 2.16. The Morgan fingerprint density at radius 1 is 1.39 bits per heavy atom. The Balaban J connectivity index is 2.14. The third-order valence-electron chi connectivity index (χ3n) is 3.85. The van der Waals surface area contributed by atoms with Crippen LogP contribution in [0.4, 0.5) is 0 Å². The van der Waals surface area contributed by atoms with Crippen molar-refractivity contribution in [3.63, 3.8) is 0 Å². The molecule has 0 bridgehead atoms. The van der Waals surface area contributed by atoms with Crippen molar-refractivity contribution < 1.29 is 4.74 Å². The number of rotatable bonds is 9. The molecule has 0 aromatic carbocycles. The number of nitrogens with zero attached hydrogens (tertiary/aromatic N) is 2. The molecule has 18 heavy (non-hydrogen) atoms. The van der Waals surface area contributed by atoms with E-state index in [0.717, 1.165) is 32.2 Å². The summed E-state index contributed by atoms with van der Waals surface area (Å²) in [4.78, 5) is 5.04. The lowest BCUT2D eigenvalue weighted by Crippen LogP contribution is -2.39. The first kappa shape index (κ1) is 15.9. The van der Waals surface area contributed by atoms with Crippen molar-refractivity contribution in [2.24, 2.45) is 11.7 Å². The zero-order chi connectivity index (χ0) is 13.2. The normalized spacial score (nSPS) is 21.7. The number of methoxy groups -OCH3 is 1. The molecule has 0 amide bonds. The predicted molar refractivity (Wildman–Crippen MR) is 76.8 cm³/mol. The van der Waals surface area contributed by atoms with Gasteiger partial charge in [-0.2, -0.15) is 0 Å². The number of ether oxygens (including phenoxy) is 1. The van der Waals surface area contributed by atoms with E-state index in [4.69, 9.17) is 10.5 Å². The Kier molecular flexibility index (Phi) is 8.59. The highest BCUT2D eigenvalue weighted by atomic mass is 16.5. The quantitative estimate of drug-likeness (QED) is 0.669. The number of nitrogens with two attached hydrogens (primary N) is 1. The summed E-state index contributed by atoms with van der Waals surface area (Å²) in [5.41, 5.74) is 5.61. The summed E-state index contributed by atoms with van der Waals surface area (Å²) >= 11 is 0. The van der Waals surface area contributed by atoms with Gasteiger partial charge >= 0.3 is 0 Å². The molecular formula is C14H31N3O. The molecule has 1 fully saturated rings. The third-order valence-corrected chi connectivity index (χ3v) is 3.85. The minimum absolute atomic E-state index is 0.745. The Bertz CT molecular complexity index is 199. The van der Waals surface area contributed by atoms with E-state index >= 15 is 0 Å². The Labute approximate surface area is 112 Å². The molecule has 1 aliphatic heterocycles. The lowest BCUT2D eigenvalue weighted by molar-refractivity contribution is 0.0884. The van der Waals surface area contributed by atoms with E-state index in [1.165, 1.54) is 45.4 Å². The molecule has 0 aromatic heterocycles. The maximum absolute atomic E-state index is 5.61. The fourth-order valence-electron chi connectivity index (χ4n) is 2.85. The molecule has 4 heteroatoms. The van der Waals surface area contributed by atoms with Gasteiger partial charge in [-0.3, -0.25) is 0 Å². The van der Waals surface area contributed by atoms with Crippen LogP contribution >= 0.6 is 0 Å². The van der Waals surface area contributed by atoms with Gasteiger partial charge in [0.15, 0.2) is 0 Å². The van der Waals surface area contributed by atoms with Crippen LogP contribution in [-0.2, 0) is 4.74 Å². The van der Waals surface area contributed by atoms with Gasteiger partial charge in [-0.15, -0.1) is 0 Å². The number of hydrogen-bond acceptors (Lipinski definition) is 4. The van der Waals surface area contributed by atoms with E-state index in [1.807, 2.05) is 7.11 Å². The van der Waals surface area contributed by atoms with Gasteiger partial charge in [0.1, 0.15) is 0 Å². The first-order chi connectivity index (χ1) is 8.80. The highest BCUT2D eigenvalue weighted by molar-refractivity contribution is 4.73.